The number of nitrogens with one attached hydrogen (secondary N) is 1. The fourth-order valence-corrected chi connectivity index (χ4v) is 2.61. The normalized spacial score (nSPS) is 28.1. The molecule has 2 unspecified atom stereocenters. The molecule has 0 aromatic rings. The Morgan fingerprint density at radius 2 is 2.22 bits per heavy atom. The first-order chi connectivity index (χ1) is 8.53. The average Bonchev–Trinajstić information content (AvgIpc) is 3.09. The molecule has 2 atom stereocenters. The lowest BCUT2D eigenvalue weighted by Crippen LogP contribution is -2.46. The highest BCUT2D eigenvalue weighted by Gasteiger charge is 2.35. The Morgan fingerprint density at radius 3 is 2.83 bits per heavy atom. The molecule has 0 aromatic heterocycles. The second-order valence-electron chi connectivity index (χ2n) is 5.78. The van der Waals surface area contributed by atoms with Crippen LogP contribution in [0, 0.1) is 5.92 Å². The van der Waals surface area contributed by atoms with Gasteiger partial charge in [-0.05, 0) is 45.2 Å². The number of likely N-dealkylation sites (tertiary alicyclic amines) is 1. The quantitative estimate of drug-likeness (QED) is 0.654. The zero-order chi connectivity index (χ0) is 13.2. The summed E-state index contributed by atoms with van der Waals surface area (Å²) in [4.78, 5) is 13.9. The molecule has 2 N–H and O–H groups in total. The summed E-state index contributed by atoms with van der Waals surface area (Å²) >= 11 is 0. The fourth-order valence-electron chi connectivity index (χ4n) is 2.61. The van der Waals surface area contributed by atoms with Crippen LogP contribution in [0.1, 0.15) is 26.2 Å². The average molecular weight is 256 g/mol. The number of methoxy groups -OCH3 is 1. The predicted octanol–water partition coefficient (Wildman–Crippen LogP) is -0.0157. The molecule has 5 nitrogen and oxygen atoms in total. The van der Waals surface area contributed by atoms with E-state index in [1.807, 2.05) is 0 Å². The maximum atomic E-state index is 11.3. The standard InChI is InChI=1S/C13H24N2O3/c1-13(17,12(16)18-2)9-14-7-10-5-6-15(8-10)11-3-4-11/h10-11,14,17H,3-9H2,1-2H3. The minimum Gasteiger partial charge on any atom is -0.467 e. The second-order valence-corrected chi connectivity index (χ2v) is 5.78. The molecular formula is C13H24N2O3. The monoisotopic (exact) mass is 256 g/mol. The summed E-state index contributed by atoms with van der Waals surface area (Å²) in [7, 11) is 1.29. The Morgan fingerprint density at radius 1 is 1.50 bits per heavy atom. The molecule has 0 radical (unpaired) electrons. The summed E-state index contributed by atoms with van der Waals surface area (Å²) in [5.74, 6) is 0.0556. The van der Waals surface area contributed by atoms with Crippen molar-refractivity contribution in [2.75, 3.05) is 33.3 Å². The van der Waals surface area contributed by atoms with Gasteiger partial charge in [0.25, 0.3) is 0 Å². The Hall–Kier alpha value is -0.650. The van der Waals surface area contributed by atoms with Gasteiger partial charge in [-0.2, -0.15) is 0 Å². The van der Waals surface area contributed by atoms with Crippen molar-refractivity contribution >= 4 is 5.97 Å². The minimum atomic E-state index is -1.43. The molecule has 0 spiro atoms. The van der Waals surface area contributed by atoms with Crippen LogP contribution < -0.4 is 5.32 Å². The molecule has 0 amide bonds. The van der Waals surface area contributed by atoms with Crippen molar-refractivity contribution in [2.24, 2.45) is 5.92 Å². The fraction of sp³-hybridized carbons (Fsp3) is 0.923. The van der Waals surface area contributed by atoms with Gasteiger partial charge in [0, 0.05) is 19.1 Å². The molecule has 0 aromatic carbocycles. The van der Waals surface area contributed by atoms with Crippen LogP contribution in [0.2, 0.25) is 0 Å². The number of ether oxygens (including phenoxy) is 1. The number of aliphatic hydroxyl groups is 1. The molecule has 0 bridgehead atoms. The highest BCUT2D eigenvalue weighted by Crippen LogP contribution is 2.31. The molecule has 1 aliphatic carbocycles. The van der Waals surface area contributed by atoms with E-state index in [4.69, 9.17) is 0 Å². The summed E-state index contributed by atoms with van der Waals surface area (Å²) in [6.07, 6.45) is 3.93. The smallest absolute Gasteiger partial charge is 0.338 e. The molecular weight excluding hydrogens is 232 g/mol. The van der Waals surface area contributed by atoms with Crippen molar-refractivity contribution in [2.45, 2.75) is 37.8 Å². The third-order valence-corrected chi connectivity index (χ3v) is 3.91. The van der Waals surface area contributed by atoms with Crippen molar-refractivity contribution in [3.8, 4) is 0 Å². The van der Waals surface area contributed by atoms with E-state index in [1.54, 1.807) is 0 Å². The van der Waals surface area contributed by atoms with Gasteiger partial charge in [0.15, 0.2) is 5.60 Å². The van der Waals surface area contributed by atoms with Crippen LogP contribution in [0.5, 0.6) is 0 Å². The Labute approximate surface area is 108 Å². The summed E-state index contributed by atoms with van der Waals surface area (Å²) < 4.78 is 4.56. The molecule has 1 saturated carbocycles. The van der Waals surface area contributed by atoms with Crippen LogP contribution in [0.4, 0.5) is 0 Å². The van der Waals surface area contributed by atoms with Gasteiger partial charge in [-0.1, -0.05) is 0 Å². The number of hydrogen-bond acceptors (Lipinski definition) is 5. The highest BCUT2D eigenvalue weighted by molar-refractivity contribution is 5.78. The highest BCUT2D eigenvalue weighted by atomic mass is 16.5. The van der Waals surface area contributed by atoms with Gasteiger partial charge in [0.05, 0.1) is 7.11 Å². The van der Waals surface area contributed by atoms with Gasteiger partial charge in [-0.25, -0.2) is 4.79 Å². The number of hydrogen-bond donors (Lipinski definition) is 2. The van der Waals surface area contributed by atoms with Gasteiger partial charge in [0.1, 0.15) is 0 Å². The van der Waals surface area contributed by atoms with Crippen LogP contribution >= 0.6 is 0 Å². The van der Waals surface area contributed by atoms with Crippen LogP contribution in [-0.2, 0) is 9.53 Å². The molecule has 1 aliphatic heterocycles. The summed E-state index contributed by atoms with van der Waals surface area (Å²) in [6, 6.07) is 0.841. The number of nitrogens with zero attached hydrogens (tertiary/aromatic N) is 1. The topological polar surface area (TPSA) is 61.8 Å². The third kappa shape index (κ3) is 3.43. The molecule has 2 rings (SSSR count). The molecule has 18 heavy (non-hydrogen) atoms. The van der Waals surface area contributed by atoms with Crippen molar-refractivity contribution in [3.05, 3.63) is 0 Å². The lowest BCUT2D eigenvalue weighted by atomic mass is 10.1. The lowest BCUT2D eigenvalue weighted by Gasteiger charge is -2.22. The van der Waals surface area contributed by atoms with E-state index in [0.29, 0.717) is 5.92 Å². The van der Waals surface area contributed by atoms with Gasteiger partial charge in [-0.15, -0.1) is 0 Å². The predicted molar refractivity (Wildman–Crippen MR) is 68.2 cm³/mol. The van der Waals surface area contributed by atoms with E-state index in [2.05, 4.69) is 15.0 Å². The zero-order valence-electron chi connectivity index (χ0n) is 11.3. The first kappa shape index (κ1) is 13.8. The lowest BCUT2D eigenvalue weighted by molar-refractivity contribution is -0.159. The van der Waals surface area contributed by atoms with Crippen LogP contribution in [-0.4, -0.2) is 60.9 Å². The van der Waals surface area contributed by atoms with Crippen LogP contribution in [0.25, 0.3) is 0 Å². The van der Waals surface area contributed by atoms with E-state index >= 15 is 0 Å². The number of esters is 1. The van der Waals surface area contributed by atoms with Crippen molar-refractivity contribution in [1.29, 1.82) is 0 Å². The van der Waals surface area contributed by atoms with E-state index in [-0.39, 0.29) is 6.54 Å². The van der Waals surface area contributed by atoms with Crippen LogP contribution in [0.15, 0.2) is 0 Å². The van der Waals surface area contributed by atoms with E-state index in [1.165, 1.54) is 39.8 Å². The van der Waals surface area contributed by atoms with Crippen LogP contribution in [0.3, 0.4) is 0 Å². The van der Waals surface area contributed by atoms with Gasteiger partial charge in [0.2, 0.25) is 0 Å². The van der Waals surface area contributed by atoms with Gasteiger partial charge >= 0.3 is 5.97 Å². The number of rotatable bonds is 6. The van der Waals surface area contributed by atoms with Crippen molar-refractivity contribution in [3.63, 3.8) is 0 Å². The third-order valence-electron chi connectivity index (χ3n) is 3.91. The van der Waals surface area contributed by atoms with E-state index in [9.17, 15) is 9.90 Å². The van der Waals surface area contributed by atoms with Crippen molar-refractivity contribution < 1.29 is 14.6 Å². The Kier molecular flexibility index (Phi) is 4.25. The molecule has 2 aliphatic rings. The summed E-state index contributed by atoms with van der Waals surface area (Å²) in [6.45, 7) is 4.94. The molecule has 2 fully saturated rings. The van der Waals surface area contributed by atoms with E-state index < -0.39 is 11.6 Å². The molecule has 5 heteroatoms. The first-order valence-corrected chi connectivity index (χ1v) is 6.78. The van der Waals surface area contributed by atoms with Crippen molar-refractivity contribution in [1.82, 2.24) is 10.2 Å². The SMILES string of the molecule is COC(=O)C(C)(O)CNCC1CCN(C2CC2)C1. The Bertz CT molecular complexity index is 303. The van der Waals surface area contributed by atoms with E-state index in [0.717, 1.165) is 19.1 Å². The minimum absolute atomic E-state index is 0.250. The molecule has 1 heterocycles. The van der Waals surface area contributed by atoms with Gasteiger partial charge < -0.3 is 20.1 Å². The molecule has 1 saturated heterocycles. The maximum Gasteiger partial charge on any atom is 0.338 e. The first-order valence-electron chi connectivity index (χ1n) is 6.78. The van der Waals surface area contributed by atoms with Gasteiger partial charge in [-0.3, -0.25) is 0 Å². The maximum absolute atomic E-state index is 11.3. The Balaban J connectivity index is 1.65. The largest absolute Gasteiger partial charge is 0.467 e. The second kappa shape index (κ2) is 5.55. The number of carbonyl (C=O) groups is 1. The summed E-state index contributed by atoms with van der Waals surface area (Å²) in [5.41, 5.74) is -1.43. The molecule has 104 valence electrons. The zero-order valence-corrected chi connectivity index (χ0v) is 11.3. The summed E-state index contributed by atoms with van der Waals surface area (Å²) in [5, 5.41) is 13.0. The number of carbonyl (C=O) groups excluding carboxylic acids is 1.